The van der Waals surface area contributed by atoms with Crippen molar-refractivity contribution in [2.24, 2.45) is 0 Å². The molecule has 0 spiro atoms. The molecule has 1 aliphatic rings. The van der Waals surface area contributed by atoms with Crippen LogP contribution in [0.5, 0.6) is 0 Å². The van der Waals surface area contributed by atoms with Gasteiger partial charge < -0.3 is 9.84 Å². The highest BCUT2D eigenvalue weighted by atomic mass is 16.5. The Morgan fingerprint density at radius 3 is 2.64 bits per heavy atom. The topological polar surface area (TPSA) is 29.5 Å². The van der Waals surface area contributed by atoms with Crippen molar-refractivity contribution in [3.63, 3.8) is 0 Å². The van der Waals surface area contributed by atoms with Gasteiger partial charge in [0.15, 0.2) is 0 Å². The number of ether oxygens (including phenoxy) is 1. The summed E-state index contributed by atoms with van der Waals surface area (Å²) < 4.78 is 5.24. The van der Waals surface area contributed by atoms with Crippen LogP contribution in [-0.2, 0) is 4.74 Å². The Labute approximate surface area is 67.6 Å². The maximum atomic E-state index is 9.55. The summed E-state index contributed by atoms with van der Waals surface area (Å²) in [5.41, 5.74) is -0.313. The summed E-state index contributed by atoms with van der Waals surface area (Å²) in [6.07, 6.45) is 8.02. The molecule has 2 heteroatoms. The number of hydrogen-bond donors (Lipinski definition) is 1. The lowest BCUT2D eigenvalue weighted by molar-refractivity contribution is -0.147. The fourth-order valence-electron chi connectivity index (χ4n) is 1.50. The van der Waals surface area contributed by atoms with Crippen molar-refractivity contribution in [2.75, 3.05) is 7.11 Å². The Kier molecular flexibility index (Phi) is 2.53. The summed E-state index contributed by atoms with van der Waals surface area (Å²) in [4.78, 5) is 0. The highest BCUT2D eigenvalue weighted by Crippen LogP contribution is 2.38. The van der Waals surface area contributed by atoms with Crippen molar-refractivity contribution >= 4 is 0 Å². The van der Waals surface area contributed by atoms with E-state index in [1.165, 1.54) is 0 Å². The van der Waals surface area contributed by atoms with Crippen LogP contribution in [0.25, 0.3) is 0 Å². The van der Waals surface area contributed by atoms with Crippen molar-refractivity contribution in [1.82, 2.24) is 0 Å². The second-order valence-electron chi connectivity index (χ2n) is 3.05. The van der Waals surface area contributed by atoms with Crippen LogP contribution in [0.4, 0.5) is 0 Å². The SMILES string of the molecule is C#CCC(O)C1(OC)CCC1. The van der Waals surface area contributed by atoms with Gasteiger partial charge in [0.2, 0.25) is 0 Å². The van der Waals surface area contributed by atoms with Gasteiger partial charge in [-0.3, -0.25) is 0 Å². The number of terminal acetylenes is 1. The number of hydrogen-bond acceptors (Lipinski definition) is 2. The number of aliphatic hydroxyl groups is 1. The van der Waals surface area contributed by atoms with Crippen LogP contribution in [-0.4, -0.2) is 23.9 Å². The summed E-state index contributed by atoms with van der Waals surface area (Å²) >= 11 is 0. The molecule has 0 bridgehead atoms. The predicted octanol–water partition coefficient (Wildman–Crippen LogP) is 0.940. The van der Waals surface area contributed by atoms with E-state index < -0.39 is 6.10 Å². The van der Waals surface area contributed by atoms with E-state index in [1.807, 2.05) is 0 Å². The van der Waals surface area contributed by atoms with Gasteiger partial charge in [0.25, 0.3) is 0 Å². The summed E-state index contributed by atoms with van der Waals surface area (Å²) in [6.45, 7) is 0. The standard InChI is InChI=1S/C9H14O2/c1-3-5-8(10)9(11-2)6-4-7-9/h1,8,10H,4-7H2,2H3. The lowest BCUT2D eigenvalue weighted by Gasteiger charge is -2.43. The van der Waals surface area contributed by atoms with Crippen LogP contribution in [0.15, 0.2) is 0 Å². The molecule has 1 rings (SSSR count). The summed E-state index contributed by atoms with van der Waals surface area (Å²) in [6, 6.07) is 0. The molecule has 1 unspecified atom stereocenters. The lowest BCUT2D eigenvalue weighted by atomic mass is 9.75. The van der Waals surface area contributed by atoms with Crippen LogP contribution in [0.2, 0.25) is 0 Å². The quantitative estimate of drug-likeness (QED) is 0.613. The smallest absolute Gasteiger partial charge is 0.0945 e. The van der Waals surface area contributed by atoms with E-state index in [0.29, 0.717) is 6.42 Å². The summed E-state index contributed by atoms with van der Waals surface area (Å²) in [5, 5.41) is 9.55. The van der Waals surface area contributed by atoms with Crippen LogP contribution >= 0.6 is 0 Å². The normalized spacial score (nSPS) is 23.4. The Morgan fingerprint density at radius 2 is 2.36 bits per heavy atom. The third-order valence-electron chi connectivity index (χ3n) is 2.52. The Hall–Kier alpha value is -0.520. The average Bonchev–Trinajstić information content (AvgIpc) is 1.87. The molecule has 2 nitrogen and oxygen atoms in total. The van der Waals surface area contributed by atoms with Crippen molar-refractivity contribution in [2.45, 2.75) is 37.4 Å². The average molecular weight is 154 g/mol. The molecule has 0 saturated heterocycles. The minimum absolute atomic E-state index is 0.313. The molecule has 1 aliphatic carbocycles. The van der Waals surface area contributed by atoms with Gasteiger partial charge in [0, 0.05) is 13.5 Å². The molecule has 0 aromatic heterocycles. The predicted molar refractivity (Wildman–Crippen MR) is 43.0 cm³/mol. The molecule has 1 N–H and O–H groups in total. The minimum Gasteiger partial charge on any atom is -0.389 e. The van der Waals surface area contributed by atoms with E-state index in [-0.39, 0.29) is 5.60 Å². The molecule has 0 amide bonds. The first-order chi connectivity index (χ1) is 5.25. The fourth-order valence-corrected chi connectivity index (χ4v) is 1.50. The van der Waals surface area contributed by atoms with E-state index in [1.54, 1.807) is 7.11 Å². The zero-order valence-electron chi connectivity index (χ0n) is 6.84. The molecule has 0 aromatic rings. The first-order valence-corrected chi connectivity index (χ1v) is 3.92. The molecule has 0 aromatic carbocycles. The second-order valence-corrected chi connectivity index (χ2v) is 3.05. The Bertz CT molecular complexity index is 159. The van der Waals surface area contributed by atoms with Crippen LogP contribution in [0, 0.1) is 12.3 Å². The number of rotatable bonds is 3. The van der Waals surface area contributed by atoms with Crippen LogP contribution < -0.4 is 0 Å². The van der Waals surface area contributed by atoms with Gasteiger partial charge in [-0.15, -0.1) is 12.3 Å². The zero-order valence-corrected chi connectivity index (χ0v) is 6.84. The first kappa shape index (κ1) is 8.58. The number of methoxy groups -OCH3 is 1. The van der Waals surface area contributed by atoms with Gasteiger partial charge >= 0.3 is 0 Å². The molecule has 11 heavy (non-hydrogen) atoms. The van der Waals surface area contributed by atoms with E-state index in [4.69, 9.17) is 11.2 Å². The van der Waals surface area contributed by atoms with E-state index in [0.717, 1.165) is 19.3 Å². The third kappa shape index (κ3) is 1.40. The van der Waals surface area contributed by atoms with Crippen LogP contribution in [0.3, 0.4) is 0 Å². The maximum absolute atomic E-state index is 9.55. The summed E-state index contributed by atoms with van der Waals surface area (Å²) in [7, 11) is 1.64. The lowest BCUT2D eigenvalue weighted by Crippen LogP contribution is -2.49. The van der Waals surface area contributed by atoms with Gasteiger partial charge in [-0.05, 0) is 19.3 Å². The molecule has 1 fully saturated rings. The summed E-state index contributed by atoms with van der Waals surface area (Å²) in [5.74, 6) is 2.45. The molecular weight excluding hydrogens is 140 g/mol. The van der Waals surface area contributed by atoms with E-state index in [2.05, 4.69) is 5.92 Å². The van der Waals surface area contributed by atoms with Gasteiger partial charge in [-0.25, -0.2) is 0 Å². The van der Waals surface area contributed by atoms with Gasteiger partial charge in [0.05, 0.1) is 11.7 Å². The molecule has 1 atom stereocenters. The Balaban J connectivity index is 2.48. The monoisotopic (exact) mass is 154 g/mol. The van der Waals surface area contributed by atoms with E-state index in [9.17, 15) is 5.11 Å². The molecule has 0 aliphatic heterocycles. The van der Waals surface area contributed by atoms with Crippen molar-refractivity contribution in [3.8, 4) is 12.3 Å². The van der Waals surface area contributed by atoms with Crippen molar-refractivity contribution in [1.29, 1.82) is 0 Å². The van der Waals surface area contributed by atoms with Gasteiger partial charge in [-0.1, -0.05) is 0 Å². The number of aliphatic hydroxyl groups excluding tert-OH is 1. The zero-order chi connectivity index (χ0) is 8.32. The molecule has 62 valence electrons. The molecule has 1 saturated carbocycles. The first-order valence-electron chi connectivity index (χ1n) is 3.92. The van der Waals surface area contributed by atoms with Gasteiger partial charge in [0.1, 0.15) is 0 Å². The largest absolute Gasteiger partial charge is 0.389 e. The van der Waals surface area contributed by atoms with E-state index >= 15 is 0 Å². The third-order valence-corrected chi connectivity index (χ3v) is 2.52. The molecule has 0 radical (unpaired) electrons. The van der Waals surface area contributed by atoms with Crippen LogP contribution in [0.1, 0.15) is 25.7 Å². The maximum Gasteiger partial charge on any atom is 0.0945 e. The second kappa shape index (κ2) is 3.25. The minimum atomic E-state index is -0.480. The highest BCUT2D eigenvalue weighted by Gasteiger charge is 2.43. The van der Waals surface area contributed by atoms with Gasteiger partial charge in [-0.2, -0.15) is 0 Å². The van der Waals surface area contributed by atoms with Crippen molar-refractivity contribution < 1.29 is 9.84 Å². The Morgan fingerprint density at radius 1 is 1.73 bits per heavy atom. The highest BCUT2D eigenvalue weighted by molar-refractivity contribution is 5.01. The molecular formula is C9H14O2. The fraction of sp³-hybridized carbons (Fsp3) is 0.778. The van der Waals surface area contributed by atoms with Crippen molar-refractivity contribution in [3.05, 3.63) is 0 Å². The molecule has 0 heterocycles.